The van der Waals surface area contributed by atoms with Crippen LogP contribution in [0.4, 0.5) is 0 Å². The van der Waals surface area contributed by atoms with Gasteiger partial charge in [0.1, 0.15) is 0 Å². The summed E-state index contributed by atoms with van der Waals surface area (Å²) in [7, 11) is 0. The zero-order valence-corrected chi connectivity index (χ0v) is 12.7. The number of rotatable bonds is 3. The number of aromatic nitrogens is 2. The van der Waals surface area contributed by atoms with Crippen LogP contribution >= 0.6 is 12.4 Å². The van der Waals surface area contributed by atoms with Crippen LogP contribution in [0.15, 0.2) is 0 Å². The van der Waals surface area contributed by atoms with Crippen LogP contribution < -0.4 is 5.32 Å². The van der Waals surface area contributed by atoms with Crippen molar-refractivity contribution in [2.75, 3.05) is 19.6 Å². The minimum absolute atomic E-state index is 0. The van der Waals surface area contributed by atoms with Gasteiger partial charge in [0.15, 0.2) is 0 Å². The van der Waals surface area contributed by atoms with Crippen molar-refractivity contribution in [2.24, 2.45) is 0 Å². The monoisotopic (exact) mass is 272 g/mol. The van der Waals surface area contributed by atoms with Crippen molar-refractivity contribution in [3.05, 3.63) is 17.0 Å². The predicted octanol–water partition coefficient (Wildman–Crippen LogP) is 1.74. The molecule has 0 bridgehead atoms. The highest BCUT2D eigenvalue weighted by Gasteiger charge is 2.19. The first-order valence-electron chi connectivity index (χ1n) is 6.60. The minimum Gasteiger partial charge on any atom is -0.312 e. The van der Waals surface area contributed by atoms with Gasteiger partial charge >= 0.3 is 0 Å². The zero-order chi connectivity index (χ0) is 12.4. The Kier molecular flexibility index (Phi) is 5.63. The molecule has 1 aromatic heterocycles. The molecule has 18 heavy (non-hydrogen) atoms. The Morgan fingerprint density at radius 2 is 2.11 bits per heavy atom. The molecule has 2 rings (SSSR count). The average Bonchev–Trinajstić information content (AvgIpc) is 2.56. The molecule has 5 heteroatoms. The lowest BCUT2D eigenvalue weighted by atomic mass is 10.1. The van der Waals surface area contributed by atoms with Crippen molar-refractivity contribution in [1.82, 2.24) is 20.0 Å². The molecule has 0 unspecified atom stereocenters. The molecule has 1 aliphatic heterocycles. The predicted molar refractivity (Wildman–Crippen MR) is 77.4 cm³/mol. The number of aryl methyl sites for hydroxylation is 2. The molecule has 0 spiro atoms. The van der Waals surface area contributed by atoms with Crippen LogP contribution in [-0.2, 0) is 13.1 Å². The molecule has 2 heterocycles. The smallest absolute Gasteiger partial charge is 0.0641 e. The van der Waals surface area contributed by atoms with Crippen LogP contribution in [0.25, 0.3) is 0 Å². The van der Waals surface area contributed by atoms with Gasteiger partial charge in [0, 0.05) is 50.0 Å². The Balaban J connectivity index is 0.00000162. The highest BCUT2D eigenvalue weighted by molar-refractivity contribution is 5.85. The summed E-state index contributed by atoms with van der Waals surface area (Å²) in [6, 6.07) is 0.602. The summed E-state index contributed by atoms with van der Waals surface area (Å²) in [5.41, 5.74) is 3.94. The second-order valence-corrected chi connectivity index (χ2v) is 5.06. The molecule has 0 aromatic carbocycles. The summed E-state index contributed by atoms with van der Waals surface area (Å²) in [6.07, 6.45) is 0. The molecule has 0 aliphatic carbocycles. The number of hydrogen-bond donors (Lipinski definition) is 1. The van der Waals surface area contributed by atoms with Gasteiger partial charge in [-0.25, -0.2) is 0 Å². The van der Waals surface area contributed by atoms with E-state index in [1.165, 1.54) is 17.0 Å². The quantitative estimate of drug-likeness (QED) is 0.910. The molecule has 1 aliphatic rings. The largest absolute Gasteiger partial charge is 0.312 e. The van der Waals surface area contributed by atoms with E-state index in [1.807, 2.05) is 0 Å². The van der Waals surface area contributed by atoms with Crippen molar-refractivity contribution >= 4 is 12.4 Å². The second kappa shape index (κ2) is 6.55. The van der Waals surface area contributed by atoms with Crippen LogP contribution in [0.1, 0.15) is 30.8 Å². The molecule has 1 N–H and O–H groups in total. The molecule has 4 nitrogen and oxygen atoms in total. The summed E-state index contributed by atoms with van der Waals surface area (Å²) in [6.45, 7) is 14.1. The maximum atomic E-state index is 4.59. The maximum Gasteiger partial charge on any atom is 0.0641 e. The van der Waals surface area contributed by atoms with Crippen LogP contribution in [0, 0.1) is 13.8 Å². The molecule has 0 saturated carbocycles. The molecule has 1 aromatic rings. The molecule has 1 atom stereocenters. The molecular formula is C13H25ClN4. The van der Waals surface area contributed by atoms with Gasteiger partial charge in [0.25, 0.3) is 0 Å². The van der Waals surface area contributed by atoms with Gasteiger partial charge in [-0.1, -0.05) is 0 Å². The standard InChI is InChI=1S/C13H24N4.ClH/c1-5-17-12(4)13(11(3)15-17)9-16-7-6-14-10(2)8-16;/h10,14H,5-9H2,1-4H3;1H/t10-;/m0./s1. The topological polar surface area (TPSA) is 33.1 Å². The Morgan fingerprint density at radius 3 is 2.67 bits per heavy atom. The van der Waals surface area contributed by atoms with E-state index in [9.17, 15) is 0 Å². The minimum atomic E-state index is 0. The third-order valence-electron chi connectivity index (χ3n) is 3.67. The fourth-order valence-electron chi connectivity index (χ4n) is 2.65. The summed E-state index contributed by atoms with van der Waals surface area (Å²) in [5.74, 6) is 0. The average molecular weight is 273 g/mol. The van der Waals surface area contributed by atoms with E-state index in [2.05, 4.69) is 47.7 Å². The molecule has 0 amide bonds. The molecule has 104 valence electrons. The van der Waals surface area contributed by atoms with Crippen molar-refractivity contribution < 1.29 is 0 Å². The lowest BCUT2D eigenvalue weighted by Gasteiger charge is -2.31. The van der Waals surface area contributed by atoms with Crippen molar-refractivity contribution in [2.45, 2.75) is 46.8 Å². The zero-order valence-electron chi connectivity index (χ0n) is 11.9. The second-order valence-electron chi connectivity index (χ2n) is 5.06. The fraction of sp³-hybridized carbons (Fsp3) is 0.769. The Morgan fingerprint density at radius 1 is 1.39 bits per heavy atom. The van der Waals surface area contributed by atoms with Crippen molar-refractivity contribution in [3.8, 4) is 0 Å². The first-order valence-corrected chi connectivity index (χ1v) is 6.60. The molecule has 0 radical (unpaired) electrons. The first-order chi connectivity index (χ1) is 8.11. The van der Waals surface area contributed by atoms with Gasteiger partial charge in [-0.2, -0.15) is 5.10 Å². The van der Waals surface area contributed by atoms with E-state index >= 15 is 0 Å². The van der Waals surface area contributed by atoms with Gasteiger partial charge in [-0.15, -0.1) is 12.4 Å². The number of nitrogens with one attached hydrogen (secondary N) is 1. The van der Waals surface area contributed by atoms with Gasteiger partial charge in [0.2, 0.25) is 0 Å². The number of piperazine rings is 1. The van der Waals surface area contributed by atoms with Crippen molar-refractivity contribution in [3.63, 3.8) is 0 Å². The van der Waals surface area contributed by atoms with E-state index in [0.717, 1.165) is 32.7 Å². The highest BCUT2D eigenvalue weighted by atomic mass is 35.5. The third kappa shape index (κ3) is 3.25. The van der Waals surface area contributed by atoms with Crippen molar-refractivity contribution in [1.29, 1.82) is 0 Å². The summed E-state index contributed by atoms with van der Waals surface area (Å²) in [4.78, 5) is 2.53. The van der Waals surface area contributed by atoms with Gasteiger partial charge in [-0.3, -0.25) is 9.58 Å². The fourth-order valence-corrected chi connectivity index (χ4v) is 2.65. The van der Waals surface area contributed by atoms with Crippen LogP contribution in [-0.4, -0.2) is 40.4 Å². The van der Waals surface area contributed by atoms with E-state index in [1.54, 1.807) is 0 Å². The van der Waals surface area contributed by atoms with Crippen LogP contribution in [0.5, 0.6) is 0 Å². The van der Waals surface area contributed by atoms with E-state index in [4.69, 9.17) is 0 Å². The Bertz CT molecular complexity index is 389. The lowest BCUT2D eigenvalue weighted by Crippen LogP contribution is -2.48. The lowest BCUT2D eigenvalue weighted by molar-refractivity contribution is 0.199. The number of hydrogen-bond acceptors (Lipinski definition) is 3. The van der Waals surface area contributed by atoms with Gasteiger partial charge < -0.3 is 5.32 Å². The maximum absolute atomic E-state index is 4.59. The first kappa shape index (κ1) is 15.5. The molecular weight excluding hydrogens is 248 g/mol. The number of halogens is 1. The van der Waals surface area contributed by atoms with E-state index in [-0.39, 0.29) is 12.4 Å². The highest BCUT2D eigenvalue weighted by Crippen LogP contribution is 2.16. The van der Waals surface area contributed by atoms with Gasteiger partial charge in [-0.05, 0) is 27.7 Å². The van der Waals surface area contributed by atoms with Gasteiger partial charge in [0.05, 0.1) is 5.69 Å². The van der Waals surface area contributed by atoms with E-state index in [0.29, 0.717) is 6.04 Å². The third-order valence-corrected chi connectivity index (χ3v) is 3.67. The Hall–Kier alpha value is -0.580. The normalized spacial score (nSPS) is 20.8. The SMILES string of the molecule is CCn1nc(C)c(CN2CCN[C@@H](C)C2)c1C.Cl. The summed E-state index contributed by atoms with van der Waals surface area (Å²) < 4.78 is 2.11. The number of nitrogens with zero attached hydrogens (tertiary/aromatic N) is 3. The molecule has 1 fully saturated rings. The van der Waals surface area contributed by atoms with E-state index < -0.39 is 0 Å². The van der Waals surface area contributed by atoms with Crippen LogP contribution in [0.2, 0.25) is 0 Å². The Labute approximate surface area is 116 Å². The molecule has 1 saturated heterocycles. The summed E-state index contributed by atoms with van der Waals surface area (Å²) in [5, 5.41) is 8.07. The summed E-state index contributed by atoms with van der Waals surface area (Å²) >= 11 is 0. The van der Waals surface area contributed by atoms with Crippen LogP contribution in [0.3, 0.4) is 0 Å².